The molecule has 2 aromatic heterocycles. The van der Waals surface area contributed by atoms with Gasteiger partial charge in [0.25, 0.3) is 5.56 Å². The van der Waals surface area contributed by atoms with E-state index in [1.165, 1.54) is 4.80 Å². The third kappa shape index (κ3) is 3.11. The standard InChI is InChI=1S/C16H10Cl2N6O/c17-9-5-6-11-13(7-9)19-14(20-16(11)25)8-24-22-15(21-23-24)10-3-1-2-4-12(10)18/h1-7H,8H2,(H,19,20,25). The van der Waals surface area contributed by atoms with E-state index in [9.17, 15) is 4.79 Å². The number of benzene rings is 2. The summed E-state index contributed by atoms with van der Waals surface area (Å²) in [5.41, 5.74) is 0.947. The highest BCUT2D eigenvalue weighted by Gasteiger charge is 2.11. The first-order chi connectivity index (χ1) is 12.1. The van der Waals surface area contributed by atoms with Gasteiger partial charge >= 0.3 is 0 Å². The van der Waals surface area contributed by atoms with Crippen LogP contribution in [0.2, 0.25) is 10.0 Å². The van der Waals surface area contributed by atoms with Crippen molar-refractivity contribution in [1.29, 1.82) is 0 Å². The summed E-state index contributed by atoms with van der Waals surface area (Å²) in [5.74, 6) is 0.805. The van der Waals surface area contributed by atoms with E-state index in [0.717, 1.165) is 0 Å². The molecule has 0 unspecified atom stereocenters. The molecule has 4 rings (SSSR count). The third-order valence-electron chi connectivity index (χ3n) is 3.58. The average molecular weight is 373 g/mol. The van der Waals surface area contributed by atoms with E-state index in [2.05, 4.69) is 25.4 Å². The van der Waals surface area contributed by atoms with Crippen molar-refractivity contribution >= 4 is 34.1 Å². The van der Waals surface area contributed by atoms with Gasteiger partial charge in [-0.15, -0.1) is 10.2 Å². The summed E-state index contributed by atoms with van der Waals surface area (Å²) < 4.78 is 0. The smallest absolute Gasteiger partial charge is 0.258 e. The van der Waals surface area contributed by atoms with Gasteiger partial charge in [0.15, 0.2) is 0 Å². The summed E-state index contributed by atoms with van der Waals surface area (Å²) in [7, 11) is 0. The van der Waals surface area contributed by atoms with Crippen molar-refractivity contribution in [2.24, 2.45) is 0 Å². The fraction of sp³-hybridized carbons (Fsp3) is 0.0625. The van der Waals surface area contributed by atoms with E-state index in [1.807, 2.05) is 18.2 Å². The lowest BCUT2D eigenvalue weighted by Crippen LogP contribution is -2.15. The fourth-order valence-corrected chi connectivity index (χ4v) is 2.82. The highest BCUT2D eigenvalue weighted by atomic mass is 35.5. The van der Waals surface area contributed by atoms with Crippen LogP contribution in [-0.2, 0) is 6.54 Å². The molecule has 124 valence electrons. The highest BCUT2D eigenvalue weighted by molar-refractivity contribution is 6.33. The van der Waals surface area contributed by atoms with Crippen LogP contribution in [0.4, 0.5) is 0 Å². The zero-order valence-electron chi connectivity index (χ0n) is 12.6. The second-order valence-electron chi connectivity index (χ2n) is 5.30. The molecular formula is C16H10Cl2N6O. The van der Waals surface area contributed by atoms with E-state index in [4.69, 9.17) is 23.2 Å². The Morgan fingerprint density at radius 1 is 1.12 bits per heavy atom. The van der Waals surface area contributed by atoms with Gasteiger partial charge in [-0.25, -0.2) is 4.98 Å². The molecule has 0 bridgehead atoms. The van der Waals surface area contributed by atoms with Gasteiger partial charge in [-0.1, -0.05) is 35.3 Å². The van der Waals surface area contributed by atoms with E-state index in [0.29, 0.717) is 38.2 Å². The molecule has 2 heterocycles. The predicted octanol–water partition coefficient (Wildman–Crippen LogP) is 2.93. The SMILES string of the molecule is O=c1[nH]c(Cn2nnc(-c3ccccc3Cl)n2)nc2cc(Cl)ccc12. The number of fused-ring (bicyclic) bond motifs is 1. The molecule has 0 atom stereocenters. The lowest BCUT2D eigenvalue weighted by atomic mass is 10.2. The molecular weight excluding hydrogens is 363 g/mol. The van der Waals surface area contributed by atoms with Gasteiger partial charge in [-0.2, -0.15) is 4.80 Å². The van der Waals surface area contributed by atoms with Gasteiger partial charge < -0.3 is 4.98 Å². The maximum Gasteiger partial charge on any atom is 0.258 e. The number of aromatic amines is 1. The Balaban J connectivity index is 1.68. The van der Waals surface area contributed by atoms with Crippen LogP contribution in [-0.4, -0.2) is 30.2 Å². The molecule has 0 aliphatic rings. The highest BCUT2D eigenvalue weighted by Crippen LogP contribution is 2.23. The number of nitrogens with one attached hydrogen (secondary N) is 1. The molecule has 0 radical (unpaired) electrons. The first-order valence-electron chi connectivity index (χ1n) is 7.31. The van der Waals surface area contributed by atoms with Crippen molar-refractivity contribution in [2.45, 2.75) is 6.54 Å². The number of rotatable bonds is 3. The van der Waals surface area contributed by atoms with Crippen LogP contribution in [0.15, 0.2) is 47.3 Å². The Morgan fingerprint density at radius 2 is 1.96 bits per heavy atom. The Kier molecular flexibility index (Phi) is 3.95. The predicted molar refractivity (Wildman–Crippen MR) is 94.7 cm³/mol. The lowest BCUT2D eigenvalue weighted by Gasteiger charge is -2.02. The summed E-state index contributed by atoms with van der Waals surface area (Å²) in [6, 6.07) is 12.1. The number of aromatic nitrogens is 6. The summed E-state index contributed by atoms with van der Waals surface area (Å²) in [5, 5.41) is 13.8. The zero-order valence-corrected chi connectivity index (χ0v) is 14.2. The number of hydrogen-bond acceptors (Lipinski definition) is 5. The van der Waals surface area contributed by atoms with Gasteiger partial charge in [0.1, 0.15) is 12.4 Å². The van der Waals surface area contributed by atoms with Gasteiger partial charge in [0.2, 0.25) is 5.82 Å². The van der Waals surface area contributed by atoms with Crippen LogP contribution in [0, 0.1) is 0 Å². The van der Waals surface area contributed by atoms with E-state index >= 15 is 0 Å². The molecule has 4 aromatic rings. The number of H-pyrrole nitrogens is 1. The largest absolute Gasteiger partial charge is 0.308 e. The molecule has 25 heavy (non-hydrogen) atoms. The third-order valence-corrected chi connectivity index (χ3v) is 4.14. The molecule has 0 aliphatic carbocycles. The number of tetrazole rings is 1. The van der Waals surface area contributed by atoms with Crippen LogP contribution in [0.5, 0.6) is 0 Å². The minimum Gasteiger partial charge on any atom is -0.308 e. The molecule has 1 N–H and O–H groups in total. The number of halogens is 2. The topological polar surface area (TPSA) is 89.4 Å². The van der Waals surface area contributed by atoms with Crippen molar-refractivity contribution in [3.8, 4) is 11.4 Å². The number of nitrogens with zero attached hydrogens (tertiary/aromatic N) is 5. The normalized spacial score (nSPS) is 11.1. The van der Waals surface area contributed by atoms with Gasteiger partial charge in [-0.3, -0.25) is 4.79 Å². The van der Waals surface area contributed by atoms with E-state index in [1.54, 1.807) is 24.3 Å². The second kappa shape index (κ2) is 6.27. The second-order valence-corrected chi connectivity index (χ2v) is 6.14. The Hall–Kier alpha value is -2.77. The number of hydrogen-bond donors (Lipinski definition) is 1. The van der Waals surface area contributed by atoms with Crippen molar-refractivity contribution < 1.29 is 0 Å². The zero-order chi connectivity index (χ0) is 17.4. The first-order valence-corrected chi connectivity index (χ1v) is 8.07. The molecule has 0 saturated carbocycles. The Labute approximate surface area is 151 Å². The van der Waals surface area contributed by atoms with Crippen LogP contribution >= 0.6 is 23.2 Å². The van der Waals surface area contributed by atoms with Crippen LogP contribution in [0.25, 0.3) is 22.3 Å². The lowest BCUT2D eigenvalue weighted by molar-refractivity contribution is 0.555. The van der Waals surface area contributed by atoms with Crippen LogP contribution in [0.1, 0.15) is 5.82 Å². The maximum atomic E-state index is 12.2. The van der Waals surface area contributed by atoms with Gasteiger partial charge in [0, 0.05) is 10.6 Å². The Morgan fingerprint density at radius 3 is 2.80 bits per heavy atom. The monoisotopic (exact) mass is 372 g/mol. The van der Waals surface area contributed by atoms with Crippen molar-refractivity contribution in [2.75, 3.05) is 0 Å². The molecule has 0 aliphatic heterocycles. The van der Waals surface area contributed by atoms with E-state index in [-0.39, 0.29) is 12.1 Å². The summed E-state index contributed by atoms with van der Waals surface area (Å²) >= 11 is 12.1. The molecule has 2 aromatic carbocycles. The van der Waals surface area contributed by atoms with Gasteiger partial charge in [-0.05, 0) is 35.5 Å². The minimum absolute atomic E-state index is 0.162. The van der Waals surface area contributed by atoms with Crippen molar-refractivity contribution in [3.63, 3.8) is 0 Å². The summed E-state index contributed by atoms with van der Waals surface area (Å²) in [6.45, 7) is 0.162. The molecule has 0 spiro atoms. The molecule has 0 fully saturated rings. The molecule has 7 nitrogen and oxygen atoms in total. The fourth-order valence-electron chi connectivity index (χ4n) is 2.43. The quantitative estimate of drug-likeness (QED) is 0.597. The van der Waals surface area contributed by atoms with Crippen molar-refractivity contribution in [1.82, 2.24) is 30.2 Å². The average Bonchev–Trinajstić information content (AvgIpc) is 3.03. The first kappa shape index (κ1) is 15.7. The van der Waals surface area contributed by atoms with Gasteiger partial charge in [0.05, 0.1) is 15.9 Å². The molecule has 0 amide bonds. The van der Waals surface area contributed by atoms with Crippen LogP contribution in [0.3, 0.4) is 0 Å². The Bertz CT molecular complexity index is 1140. The van der Waals surface area contributed by atoms with Crippen molar-refractivity contribution in [3.05, 3.63) is 68.7 Å². The summed E-state index contributed by atoms with van der Waals surface area (Å²) in [4.78, 5) is 20.6. The van der Waals surface area contributed by atoms with Crippen LogP contribution < -0.4 is 5.56 Å². The minimum atomic E-state index is -0.247. The summed E-state index contributed by atoms with van der Waals surface area (Å²) in [6.07, 6.45) is 0. The van der Waals surface area contributed by atoms with E-state index < -0.39 is 0 Å². The molecule has 0 saturated heterocycles. The maximum absolute atomic E-state index is 12.2. The molecule has 9 heteroatoms.